The van der Waals surface area contributed by atoms with Gasteiger partial charge in [-0.2, -0.15) is 0 Å². The molecule has 1 aromatic carbocycles. The van der Waals surface area contributed by atoms with Crippen LogP contribution in [0.5, 0.6) is 0 Å². The molecule has 2 nitrogen and oxygen atoms in total. The molecule has 0 saturated heterocycles. The zero-order valence-corrected chi connectivity index (χ0v) is 13.0. The summed E-state index contributed by atoms with van der Waals surface area (Å²) in [5.74, 6) is 0.828. The summed E-state index contributed by atoms with van der Waals surface area (Å²) in [6.07, 6.45) is 0. The smallest absolute Gasteiger partial charge is 0.169 e. The summed E-state index contributed by atoms with van der Waals surface area (Å²) in [4.78, 5) is 0. The highest BCUT2D eigenvalue weighted by Gasteiger charge is 2.12. The van der Waals surface area contributed by atoms with Crippen LogP contribution < -0.4 is 5.32 Å². The van der Waals surface area contributed by atoms with E-state index >= 15 is 0 Å². The third-order valence-corrected chi connectivity index (χ3v) is 3.79. The average molecular weight is 349 g/mol. The number of rotatable bonds is 3. The van der Waals surface area contributed by atoms with Gasteiger partial charge in [-0.3, -0.25) is 0 Å². The molecule has 0 amide bonds. The second-order valence-electron chi connectivity index (χ2n) is 4.09. The Balaban J connectivity index is 2.21. The fourth-order valence-electron chi connectivity index (χ4n) is 1.62. The summed E-state index contributed by atoms with van der Waals surface area (Å²) in [6.45, 7) is 3.92. The first kappa shape index (κ1) is 13.8. The molecule has 0 spiro atoms. The van der Waals surface area contributed by atoms with Gasteiger partial charge in [0.25, 0.3) is 0 Å². The van der Waals surface area contributed by atoms with Gasteiger partial charge in [0.15, 0.2) is 4.67 Å². The maximum atomic E-state index is 6.18. The van der Waals surface area contributed by atoms with E-state index in [4.69, 9.17) is 27.6 Å². The van der Waals surface area contributed by atoms with E-state index in [1.54, 1.807) is 0 Å². The summed E-state index contributed by atoms with van der Waals surface area (Å²) in [6, 6.07) is 7.44. The molecule has 1 unspecified atom stereocenters. The number of benzene rings is 1. The quantitative estimate of drug-likeness (QED) is 0.754. The van der Waals surface area contributed by atoms with E-state index in [0.717, 1.165) is 17.0 Å². The maximum absolute atomic E-state index is 6.18. The van der Waals surface area contributed by atoms with Crippen LogP contribution in [-0.2, 0) is 0 Å². The van der Waals surface area contributed by atoms with Crippen LogP contribution in [0, 0.1) is 6.92 Å². The zero-order valence-electron chi connectivity index (χ0n) is 9.93. The molecule has 2 rings (SSSR count). The lowest BCUT2D eigenvalue weighted by Crippen LogP contribution is -2.06. The predicted octanol–water partition coefficient (Wildman–Crippen LogP) is 5.83. The number of anilines is 1. The minimum absolute atomic E-state index is 0.00701. The van der Waals surface area contributed by atoms with Gasteiger partial charge < -0.3 is 9.73 Å². The zero-order chi connectivity index (χ0) is 13.3. The Morgan fingerprint density at radius 3 is 2.56 bits per heavy atom. The van der Waals surface area contributed by atoms with Crippen molar-refractivity contribution in [3.63, 3.8) is 0 Å². The Morgan fingerprint density at radius 1 is 1.22 bits per heavy atom. The molecule has 1 N–H and O–H groups in total. The molecule has 1 aromatic heterocycles. The summed E-state index contributed by atoms with van der Waals surface area (Å²) in [5.41, 5.74) is 1.76. The topological polar surface area (TPSA) is 25.2 Å². The monoisotopic (exact) mass is 347 g/mol. The minimum Gasteiger partial charge on any atom is -0.452 e. The Bertz CT molecular complexity index is 568. The highest BCUT2D eigenvalue weighted by molar-refractivity contribution is 9.10. The fraction of sp³-hybridized carbons (Fsp3) is 0.231. The summed E-state index contributed by atoms with van der Waals surface area (Å²) < 4.78 is 6.20. The molecule has 0 bridgehead atoms. The van der Waals surface area contributed by atoms with Crippen LogP contribution >= 0.6 is 39.1 Å². The van der Waals surface area contributed by atoms with Gasteiger partial charge >= 0.3 is 0 Å². The van der Waals surface area contributed by atoms with Crippen LogP contribution in [0.25, 0.3) is 0 Å². The van der Waals surface area contributed by atoms with Gasteiger partial charge in [-0.05, 0) is 59.6 Å². The maximum Gasteiger partial charge on any atom is 0.169 e. The van der Waals surface area contributed by atoms with E-state index in [1.165, 1.54) is 0 Å². The lowest BCUT2D eigenvalue weighted by Gasteiger charge is -2.15. The molecular weight excluding hydrogens is 337 g/mol. The summed E-state index contributed by atoms with van der Waals surface area (Å²) in [7, 11) is 0. The molecular formula is C13H12BrCl2NO. The molecule has 18 heavy (non-hydrogen) atoms. The first-order valence-corrected chi connectivity index (χ1v) is 6.99. The Hall–Kier alpha value is -0.640. The lowest BCUT2D eigenvalue weighted by molar-refractivity contribution is 0.471. The second-order valence-corrected chi connectivity index (χ2v) is 5.69. The molecule has 0 aliphatic heterocycles. The van der Waals surface area contributed by atoms with Gasteiger partial charge in [-0.15, -0.1) is 0 Å². The van der Waals surface area contributed by atoms with E-state index < -0.39 is 0 Å². The van der Waals surface area contributed by atoms with Crippen molar-refractivity contribution in [1.82, 2.24) is 0 Å². The second kappa shape index (κ2) is 5.55. The standard InChI is InChI=1S/C13H12BrCl2NO/c1-7-5-10(16)11(6-9(7)15)17-8(2)12-3-4-13(14)18-12/h3-6,8,17H,1-2H3. The van der Waals surface area contributed by atoms with Crippen molar-refractivity contribution in [1.29, 1.82) is 0 Å². The number of hydrogen-bond donors (Lipinski definition) is 1. The Labute approximate surface area is 124 Å². The van der Waals surface area contributed by atoms with E-state index in [2.05, 4.69) is 21.2 Å². The number of nitrogens with one attached hydrogen (secondary N) is 1. The van der Waals surface area contributed by atoms with Crippen molar-refractivity contribution in [3.8, 4) is 0 Å². The number of hydrogen-bond acceptors (Lipinski definition) is 2. The van der Waals surface area contributed by atoms with E-state index in [0.29, 0.717) is 14.7 Å². The molecule has 0 aliphatic rings. The molecule has 1 heterocycles. The fourth-order valence-corrected chi connectivity index (χ4v) is 2.38. The molecule has 2 aromatic rings. The third-order valence-electron chi connectivity index (χ3n) is 2.64. The molecule has 5 heteroatoms. The van der Waals surface area contributed by atoms with Crippen molar-refractivity contribution in [2.45, 2.75) is 19.9 Å². The third kappa shape index (κ3) is 3.02. The number of halogens is 3. The van der Waals surface area contributed by atoms with Crippen LogP contribution in [0.15, 0.2) is 33.4 Å². The molecule has 96 valence electrons. The largest absolute Gasteiger partial charge is 0.452 e. The van der Waals surface area contributed by atoms with Crippen LogP contribution in [0.4, 0.5) is 5.69 Å². The van der Waals surface area contributed by atoms with Crippen molar-refractivity contribution in [2.24, 2.45) is 0 Å². The first-order valence-electron chi connectivity index (χ1n) is 5.45. The Kier molecular flexibility index (Phi) is 4.25. The summed E-state index contributed by atoms with van der Waals surface area (Å²) >= 11 is 15.5. The van der Waals surface area contributed by atoms with Crippen molar-refractivity contribution in [3.05, 3.63) is 50.3 Å². The number of aryl methyl sites for hydroxylation is 1. The van der Waals surface area contributed by atoms with Crippen LogP contribution in [0.3, 0.4) is 0 Å². The highest BCUT2D eigenvalue weighted by atomic mass is 79.9. The molecule has 0 fully saturated rings. The van der Waals surface area contributed by atoms with Crippen LogP contribution in [0.2, 0.25) is 10.0 Å². The van der Waals surface area contributed by atoms with Gasteiger partial charge in [-0.1, -0.05) is 23.2 Å². The normalized spacial score (nSPS) is 12.5. The molecule has 0 saturated carbocycles. The van der Waals surface area contributed by atoms with Gasteiger partial charge in [0.1, 0.15) is 5.76 Å². The van der Waals surface area contributed by atoms with E-state index in [-0.39, 0.29) is 6.04 Å². The van der Waals surface area contributed by atoms with E-state index in [1.807, 2.05) is 38.1 Å². The minimum atomic E-state index is 0.00701. The van der Waals surface area contributed by atoms with Gasteiger partial charge in [-0.25, -0.2) is 0 Å². The summed E-state index contributed by atoms with van der Waals surface area (Å²) in [5, 5.41) is 4.61. The van der Waals surface area contributed by atoms with Crippen LogP contribution in [-0.4, -0.2) is 0 Å². The molecule has 1 atom stereocenters. The van der Waals surface area contributed by atoms with Crippen LogP contribution in [0.1, 0.15) is 24.3 Å². The lowest BCUT2D eigenvalue weighted by atomic mass is 10.2. The SMILES string of the molecule is Cc1cc(Cl)c(NC(C)c2ccc(Br)o2)cc1Cl. The van der Waals surface area contributed by atoms with Gasteiger partial charge in [0.2, 0.25) is 0 Å². The Morgan fingerprint density at radius 2 is 1.94 bits per heavy atom. The van der Waals surface area contributed by atoms with E-state index in [9.17, 15) is 0 Å². The average Bonchev–Trinajstić information content (AvgIpc) is 2.73. The molecule has 0 radical (unpaired) electrons. The first-order chi connectivity index (χ1) is 8.47. The van der Waals surface area contributed by atoms with Crippen molar-refractivity contribution in [2.75, 3.05) is 5.32 Å². The highest BCUT2D eigenvalue weighted by Crippen LogP contribution is 2.32. The predicted molar refractivity (Wildman–Crippen MR) is 79.6 cm³/mol. The number of furan rings is 1. The van der Waals surface area contributed by atoms with Gasteiger partial charge in [0, 0.05) is 5.02 Å². The van der Waals surface area contributed by atoms with Crippen molar-refractivity contribution < 1.29 is 4.42 Å². The molecule has 0 aliphatic carbocycles. The van der Waals surface area contributed by atoms with Crippen molar-refractivity contribution >= 4 is 44.8 Å². The van der Waals surface area contributed by atoms with Gasteiger partial charge in [0.05, 0.1) is 16.8 Å².